The van der Waals surface area contributed by atoms with Gasteiger partial charge in [-0.05, 0) is 37.5 Å². The molecule has 19 heavy (non-hydrogen) atoms. The van der Waals surface area contributed by atoms with Gasteiger partial charge in [-0.3, -0.25) is 0 Å². The van der Waals surface area contributed by atoms with Crippen LogP contribution in [0.1, 0.15) is 25.1 Å². The maximum atomic E-state index is 9.90. The fourth-order valence-corrected chi connectivity index (χ4v) is 2.57. The lowest BCUT2D eigenvalue weighted by molar-refractivity contribution is -0.0858. The van der Waals surface area contributed by atoms with Crippen LogP contribution in [-0.4, -0.2) is 22.4 Å². The van der Waals surface area contributed by atoms with Crippen LogP contribution in [0.5, 0.6) is 5.75 Å². The second kappa shape index (κ2) is 4.61. The van der Waals surface area contributed by atoms with Crippen molar-refractivity contribution in [3.63, 3.8) is 0 Å². The Balaban J connectivity index is 1.97. The van der Waals surface area contributed by atoms with Crippen LogP contribution in [0.3, 0.4) is 0 Å². The number of rotatable bonds is 3. The second-order valence-electron chi connectivity index (χ2n) is 4.64. The molecule has 100 valence electrons. The molecule has 1 saturated carbocycles. The maximum absolute atomic E-state index is 9.90. The molecular formula is C13H13BrN2O3. The molecule has 0 bridgehead atoms. The zero-order valence-electron chi connectivity index (χ0n) is 10.4. The number of hydrogen-bond donors (Lipinski definition) is 1. The van der Waals surface area contributed by atoms with Crippen LogP contribution in [0.4, 0.5) is 0 Å². The highest BCUT2D eigenvalue weighted by Crippen LogP contribution is 2.43. The third-order valence-electron chi connectivity index (χ3n) is 3.58. The fourth-order valence-electron chi connectivity index (χ4n) is 2.22. The number of aromatic nitrogens is 2. The largest absolute Gasteiger partial charge is 0.507 e. The fraction of sp³-hybridized carbons (Fsp3) is 0.385. The first-order valence-corrected chi connectivity index (χ1v) is 6.82. The van der Waals surface area contributed by atoms with Gasteiger partial charge < -0.3 is 14.4 Å². The van der Waals surface area contributed by atoms with E-state index < -0.39 is 5.60 Å². The predicted molar refractivity (Wildman–Crippen MR) is 71.6 cm³/mol. The van der Waals surface area contributed by atoms with E-state index in [-0.39, 0.29) is 5.75 Å². The van der Waals surface area contributed by atoms with Gasteiger partial charge in [0.2, 0.25) is 5.82 Å². The van der Waals surface area contributed by atoms with Crippen LogP contribution >= 0.6 is 15.9 Å². The van der Waals surface area contributed by atoms with Gasteiger partial charge in [0.05, 0.1) is 5.56 Å². The van der Waals surface area contributed by atoms with E-state index in [4.69, 9.17) is 9.26 Å². The molecular weight excluding hydrogens is 312 g/mol. The molecule has 1 heterocycles. The molecule has 1 aromatic heterocycles. The van der Waals surface area contributed by atoms with Gasteiger partial charge in [0.1, 0.15) is 11.4 Å². The Labute approximate surface area is 118 Å². The number of phenols is 1. The van der Waals surface area contributed by atoms with Crippen LogP contribution < -0.4 is 0 Å². The minimum atomic E-state index is -0.410. The summed E-state index contributed by atoms with van der Waals surface area (Å²) in [5.41, 5.74) is 0.111. The average molecular weight is 325 g/mol. The first-order chi connectivity index (χ1) is 9.14. The van der Waals surface area contributed by atoms with Gasteiger partial charge in [-0.2, -0.15) is 4.98 Å². The van der Waals surface area contributed by atoms with E-state index in [1.807, 2.05) is 6.07 Å². The van der Waals surface area contributed by atoms with Crippen LogP contribution in [0.2, 0.25) is 0 Å². The molecule has 0 unspecified atom stereocenters. The topological polar surface area (TPSA) is 68.4 Å². The number of halogens is 1. The number of nitrogens with zero attached hydrogens (tertiary/aromatic N) is 2. The SMILES string of the molecule is COC1(c2noc(-c3ccc(Br)cc3O)n2)CCC1. The molecule has 6 heteroatoms. The molecule has 0 saturated heterocycles. The number of aromatic hydroxyl groups is 1. The van der Waals surface area contributed by atoms with Crippen LogP contribution in [0.25, 0.3) is 11.5 Å². The van der Waals surface area contributed by atoms with E-state index in [2.05, 4.69) is 26.1 Å². The highest BCUT2D eigenvalue weighted by atomic mass is 79.9. The van der Waals surface area contributed by atoms with Crippen molar-refractivity contribution in [1.29, 1.82) is 0 Å². The Morgan fingerprint density at radius 1 is 1.42 bits per heavy atom. The summed E-state index contributed by atoms with van der Waals surface area (Å²) in [7, 11) is 1.66. The van der Waals surface area contributed by atoms with E-state index in [0.717, 1.165) is 23.7 Å². The molecule has 1 aliphatic rings. The Morgan fingerprint density at radius 2 is 2.21 bits per heavy atom. The van der Waals surface area contributed by atoms with Gasteiger partial charge in [0, 0.05) is 11.6 Å². The van der Waals surface area contributed by atoms with Crippen molar-refractivity contribution in [2.24, 2.45) is 0 Å². The molecule has 0 amide bonds. The van der Waals surface area contributed by atoms with Gasteiger partial charge in [-0.1, -0.05) is 21.1 Å². The van der Waals surface area contributed by atoms with E-state index in [1.165, 1.54) is 0 Å². The first-order valence-electron chi connectivity index (χ1n) is 6.03. The highest BCUT2D eigenvalue weighted by molar-refractivity contribution is 9.10. The van der Waals surface area contributed by atoms with Crippen LogP contribution in [-0.2, 0) is 10.3 Å². The smallest absolute Gasteiger partial charge is 0.261 e. The summed E-state index contributed by atoms with van der Waals surface area (Å²) in [4.78, 5) is 4.36. The lowest BCUT2D eigenvalue weighted by Crippen LogP contribution is -2.37. The minimum Gasteiger partial charge on any atom is -0.507 e. The Kier molecular flexibility index (Phi) is 3.06. The lowest BCUT2D eigenvalue weighted by atomic mass is 9.79. The highest BCUT2D eigenvalue weighted by Gasteiger charge is 2.43. The zero-order valence-corrected chi connectivity index (χ0v) is 12.0. The quantitative estimate of drug-likeness (QED) is 0.938. The van der Waals surface area contributed by atoms with Crippen LogP contribution in [0, 0.1) is 0 Å². The van der Waals surface area contributed by atoms with Crippen molar-refractivity contribution in [1.82, 2.24) is 10.1 Å². The molecule has 5 nitrogen and oxygen atoms in total. The second-order valence-corrected chi connectivity index (χ2v) is 5.55. The number of hydrogen-bond acceptors (Lipinski definition) is 5. The van der Waals surface area contributed by atoms with E-state index >= 15 is 0 Å². The lowest BCUT2D eigenvalue weighted by Gasteiger charge is -2.37. The Bertz CT molecular complexity index is 602. The van der Waals surface area contributed by atoms with Crippen molar-refractivity contribution >= 4 is 15.9 Å². The number of phenolic OH excluding ortho intramolecular Hbond substituents is 1. The number of benzene rings is 1. The van der Waals surface area contributed by atoms with Crippen molar-refractivity contribution in [2.45, 2.75) is 24.9 Å². The van der Waals surface area contributed by atoms with Crippen LogP contribution in [0.15, 0.2) is 27.2 Å². The summed E-state index contributed by atoms with van der Waals surface area (Å²) in [5.74, 6) is 0.964. The summed E-state index contributed by atoms with van der Waals surface area (Å²) in [5, 5.41) is 13.9. The Morgan fingerprint density at radius 3 is 2.79 bits per heavy atom. The minimum absolute atomic E-state index is 0.102. The number of ether oxygens (including phenoxy) is 1. The summed E-state index contributed by atoms with van der Waals surface area (Å²) in [6.45, 7) is 0. The summed E-state index contributed by atoms with van der Waals surface area (Å²) < 4.78 is 11.5. The van der Waals surface area contributed by atoms with E-state index in [1.54, 1.807) is 19.2 Å². The van der Waals surface area contributed by atoms with Crippen molar-refractivity contribution in [3.8, 4) is 17.2 Å². The molecule has 0 spiro atoms. The predicted octanol–water partition coefficient (Wildman–Crippen LogP) is 3.23. The zero-order chi connectivity index (χ0) is 13.5. The van der Waals surface area contributed by atoms with Crippen molar-refractivity contribution in [3.05, 3.63) is 28.5 Å². The normalized spacial score (nSPS) is 17.2. The third kappa shape index (κ3) is 2.04. The van der Waals surface area contributed by atoms with Gasteiger partial charge in [-0.25, -0.2) is 0 Å². The molecule has 0 radical (unpaired) electrons. The van der Waals surface area contributed by atoms with Gasteiger partial charge in [-0.15, -0.1) is 0 Å². The summed E-state index contributed by atoms with van der Waals surface area (Å²) >= 11 is 3.29. The monoisotopic (exact) mass is 324 g/mol. The average Bonchev–Trinajstić information content (AvgIpc) is 2.78. The molecule has 1 aromatic carbocycles. The molecule has 0 atom stereocenters. The molecule has 3 rings (SSSR count). The van der Waals surface area contributed by atoms with E-state index in [0.29, 0.717) is 17.3 Å². The van der Waals surface area contributed by atoms with Gasteiger partial charge in [0.15, 0.2) is 0 Å². The molecule has 1 N–H and O–H groups in total. The molecule has 1 fully saturated rings. The Hall–Kier alpha value is -1.40. The third-order valence-corrected chi connectivity index (χ3v) is 4.07. The molecule has 2 aromatic rings. The first kappa shape index (κ1) is 12.6. The summed E-state index contributed by atoms with van der Waals surface area (Å²) in [6, 6.07) is 5.14. The van der Waals surface area contributed by atoms with Crippen molar-refractivity contribution < 1.29 is 14.4 Å². The maximum Gasteiger partial charge on any atom is 0.261 e. The number of methoxy groups -OCH3 is 1. The summed E-state index contributed by atoms with van der Waals surface area (Å²) in [6.07, 6.45) is 2.89. The van der Waals surface area contributed by atoms with Gasteiger partial charge in [0.25, 0.3) is 5.89 Å². The van der Waals surface area contributed by atoms with Crippen molar-refractivity contribution in [2.75, 3.05) is 7.11 Å². The van der Waals surface area contributed by atoms with Gasteiger partial charge >= 0.3 is 0 Å². The van der Waals surface area contributed by atoms with E-state index in [9.17, 15) is 5.11 Å². The standard InChI is InChI=1S/C13H13BrN2O3/c1-18-13(5-2-6-13)12-15-11(19-16-12)9-4-3-8(14)7-10(9)17/h3-4,7,17H,2,5-6H2,1H3. The molecule has 1 aliphatic carbocycles. The molecule has 0 aliphatic heterocycles.